The van der Waals surface area contributed by atoms with Crippen molar-refractivity contribution in [2.45, 2.75) is 19.4 Å². The van der Waals surface area contributed by atoms with Crippen LogP contribution < -0.4 is 28.1 Å². The maximum absolute atomic E-state index is 12.2. The van der Waals surface area contributed by atoms with Gasteiger partial charge in [0.15, 0.2) is 0 Å². The fourth-order valence-corrected chi connectivity index (χ4v) is 2.73. The highest BCUT2D eigenvalue weighted by atomic mass is 16.2. The van der Waals surface area contributed by atoms with Crippen LogP contribution in [0, 0.1) is 0 Å². The summed E-state index contributed by atoms with van der Waals surface area (Å²) in [5.74, 6) is 0.0170. The molecule has 0 bridgehead atoms. The Morgan fingerprint density at radius 2 is 1.74 bits per heavy atom. The number of carbonyl (C=O) groups excluding carboxylic acids is 1. The van der Waals surface area contributed by atoms with E-state index in [0.29, 0.717) is 18.7 Å². The van der Waals surface area contributed by atoms with Crippen LogP contribution in [0.4, 0.5) is 10.7 Å². The highest BCUT2D eigenvalue weighted by Gasteiger charge is 2.09. The molecule has 0 saturated carbocycles. The summed E-state index contributed by atoms with van der Waals surface area (Å²) in [6.45, 7) is 3.98. The predicted octanol–water partition coefficient (Wildman–Crippen LogP) is 0.427. The van der Waals surface area contributed by atoms with Gasteiger partial charge < -0.3 is 17.2 Å². The van der Waals surface area contributed by atoms with Gasteiger partial charge in [-0.2, -0.15) is 0 Å². The van der Waals surface area contributed by atoms with E-state index in [1.54, 1.807) is 0 Å². The molecule has 9 nitrogen and oxygen atoms in total. The van der Waals surface area contributed by atoms with Gasteiger partial charge in [-0.25, -0.2) is 9.78 Å². The van der Waals surface area contributed by atoms with Gasteiger partial charge in [-0.3, -0.25) is 20.0 Å². The lowest BCUT2D eigenvalue weighted by Crippen LogP contribution is -2.28. The number of amides is 2. The number of hydrogen-bond acceptors (Lipinski definition) is 6. The minimum absolute atomic E-state index is 0.0170. The summed E-state index contributed by atoms with van der Waals surface area (Å²) in [7, 11) is 0. The Balaban J connectivity index is 2.09. The minimum Gasteiger partial charge on any atom is -0.351 e. The van der Waals surface area contributed by atoms with Gasteiger partial charge in [0.1, 0.15) is 0 Å². The topological polar surface area (TPSA) is 156 Å². The fourth-order valence-electron chi connectivity index (χ4n) is 2.73. The quantitative estimate of drug-likeness (QED) is 0.406. The number of aromatic amines is 1. The van der Waals surface area contributed by atoms with Crippen LogP contribution in [-0.2, 0) is 6.54 Å². The van der Waals surface area contributed by atoms with Crippen molar-refractivity contribution in [1.29, 1.82) is 0 Å². The number of nitrogens with zero attached hydrogens (tertiary/aromatic N) is 2. The van der Waals surface area contributed by atoms with E-state index in [9.17, 15) is 9.59 Å². The van der Waals surface area contributed by atoms with E-state index in [1.807, 2.05) is 24.3 Å². The number of carbonyl (C=O) groups is 1. The molecule has 0 radical (unpaired) electrons. The van der Waals surface area contributed by atoms with Crippen LogP contribution in [0.2, 0.25) is 0 Å². The average molecular weight is 373 g/mol. The molecular formula is C18H27N7O2. The van der Waals surface area contributed by atoms with Crippen molar-refractivity contribution in [3.8, 4) is 11.1 Å². The van der Waals surface area contributed by atoms with E-state index in [-0.39, 0.29) is 11.5 Å². The maximum atomic E-state index is 12.2. The van der Waals surface area contributed by atoms with Crippen LogP contribution in [0.5, 0.6) is 0 Å². The Labute approximate surface area is 157 Å². The normalized spacial score (nSPS) is 10.9. The van der Waals surface area contributed by atoms with E-state index >= 15 is 0 Å². The van der Waals surface area contributed by atoms with Gasteiger partial charge in [0.05, 0.1) is 5.56 Å². The molecular weight excluding hydrogens is 346 g/mol. The zero-order valence-corrected chi connectivity index (χ0v) is 15.3. The van der Waals surface area contributed by atoms with E-state index in [4.69, 9.17) is 17.2 Å². The Morgan fingerprint density at radius 3 is 2.26 bits per heavy atom. The van der Waals surface area contributed by atoms with Crippen LogP contribution in [0.3, 0.4) is 0 Å². The zero-order chi connectivity index (χ0) is 19.6. The number of urea groups is 1. The molecule has 1 aromatic heterocycles. The molecule has 2 rings (SSSR count). The number of hydrogen-bond donors (Lipinski definition) is 5. The number of nitrogens with two attached hydrogens (primary N) is 3. The summed E-state index contributed by atoms with van der Waals surface area (Å²) in [5.41, 5.74) is 18.2. The third kappa shape index (κ3) is 6.48. The molecule has 146 valence electrons. The predicted molar refractivity (Wildman–Crippen MR) is 106 cm³/mol. The van der Waals surface area contributed by atoms with Crippen LogP contribution in [-0.4, -0.2) is 47.1 Å². The molecule has 2 aromatic rings. The van der Waals surface area contributed by atoms with Crippen molar-refractivity contribution in [3.63, 3.8) is 0 Å². The summed E-state index contributed by atoms with van der Waals surface area (Å²) in [5, 5.41) is 2.24. The SMILES string of the molecule is NCCCN(CCCN)Cc1ccc(-c2cnc(NC(N)=O)[nH]c2=O)cc1. The lowest BCUT2D eigenvalue weighted by atomic mass is 10.1. The summed E-state index contributed by atoms with van der Waals surface area (Å²) in [4.78, 5) is 31.8. The van der Waals surface area contributed by atoms with E-state index in [2.05, 4.69) is 20.2 Å². The second-order valence-corrected chi connectivity index (χ2v) is 6.22. The van der Waals surface area contributed by atoms with E-state index < -0.39 is 6.03 Å². The van der Waals surface area contributed by atoms with Gasteiger partial charge in [0, 0.05) is 12.7 Å². The molecule has 0 spiro atoms. The highest BCUT2D eigenvalue weighted by Crippen LogP contribution is 2.17. The second kappa shape index (κ2) is 10.4. The van der Waals surface area contributed by atoms with Crippen molar-refractivity contribution in [3.05, 3.63) is 46.4 Å². The highest BCUT2D eigenvalue weighted by molar-refractivity contribution is 5.85. The van der Waals surface area contributed by atoms with Crippen molar-refractivity contribution in [1.82, 2.24) is 14.9 Å². The first kappa shape index (κ1) is 20.6. The number of nitrogens with one attached hydrogen (secondary N) is 2. The van der Waals surface area contributed by atoms with Crippen molar-refractivity contribution >= 4 is 12.0 Å². The minimum atomic E-state index is -0.788. The summed E-state index contributed by atoms with van der Waals surface area (Å²) < 4.78 is 0. The number of aromatic nitrogens is 2. The molecule has 9 heteroatoms. The maximum Gasteiger partial charge on any atom is 0.318 e. The Morgan fingerprint density at radius 1 is 1.11 bits per heavy atom. The van der Waals surface area contributed by atoms with Gasteiger partial charge in [0.25, 0.3) is 5.56 Å². The van der Waals surface area contributed by atoms with Gasteiger partial charge in [0.2, 0.25) is 5.95 Å². The van der Waals surface area contributed by atoms with Crippen LogP contribution in [0.15, 0.2) is 35.3 Å². The number of H-pyrrole nitrogens is 1. The standard InChI is InChI=1S/C18H27N7O2/c19-7-1-9-25(10-2-8-20)12-13-3-5-14(6-4-13)15-11-22-18(23-16(15)26)24-17(21)27/h3-6,11H,1-2,7-10,12,19-20H2,(H4,21,22,23,24,26,27). The first-order chi connectivity index (χ1) is 13.0. The number of anilines is 1. The number of benzene rings is 1. The molecule has 1 aromatic carbocycles. The second-order valence-electron chi connectivity index (χ2n) is 6.22. The van der Waals surface area contributed by atoms with Crippen LogP contribution in [0.25, 0.3) is 11.1 Å². The molecule has 8 N–H and O–H groups in total. The molecule has 0 fully saturated rings. The van der Waals surface area contributed by atoms with Crippen molar-refractivity contribution in [2.75, 3.05) is 31.5 Å². The third-order valence-corrected chi connectivity index (χ3v) is 4.07. The molecule has 0 saturated heterocycles. The summed E-state index contributed by atoms with van der Waals surface area (Å²) in [6, 6.07) is 6.95. The Hall–Kier alpha value is -2.75. The number of primary amides is 1. The first-order valence-electron chi connectivity index (χ1n) is 8.91. The largest absolute Gasteiger partial charge is 0.351 e. The molecule has 0 unspecified atom stereocenters. The van der Waals surface area contributed by atoms with E-state index in [1.165, 1.54) is 6.20 Å². The summed E-state index contributed by atoms with van der Waals surface area (Å²) >= 11 is 0. The van der Waals surface area contributed by atoms with Crippen molar-refractivity contribution in [2.24, 2.45) is 17.2 Å². The fraction of sp³-hybridized carbons (Fsp3) is 0.389. The van der Waals surface area contributed by atoms with Gasteiger partial charge in [-0.05, 0) is 50.1 Å². The molecule has 0 atom stereocenters. The number of rotatable bonds is 10. The lowest BCUT2D eigenvalue weighted by molar-refractivity contribution is 0.259. The van der Waals surface area contributed by atoms with Crippen LogP contribution in [0.1, 0.15) is 18.4 Å². The smallest absolute Gasteiger partial charge is 0.318 e. The first-order valence-corrected chi connectivity index (χ1v) is 8.91. The molecule has 1 heterocycles. The Bertz CT molecular complexity index is 781. The average Bonchev–Trinajstić information content (AvgIpc) is 2.64. The van der Waals surface area contributed by atoms with E-state index in [0.717, 1.165) is 43.6 Å². The molecule has 27 heavy (non-hydrogen) atoms. The van der Waals surface area contributed by atoms with Gasteiger partial charge in [-0.15, -0.1) is 0 Å². The lowest BCUT2D eigenvalue weighted by Gasteiger charge is -2.22. The zero-order valence-electron chi connectivity index (χ0n) is 15.3. The summed E-state index contributed by atoms with van der Waals surface area (Å²) in [6.07, 6.45) is 3.29. The van der Waals surface area contributed by atoms with Crippen molar-refractivity contribution < 1.29 is 4.79 Å². The molecule has 0 aliphatic carbocycles. The Kier molecular flexibility index (Phi) is 7.93. The molecule has 2 amide bonds. The van der Waals surface area contributed by atoms with Gasteiger partial charge >= 0.3 is 6.03 Å². The molecule has 0 aliphatic heterocycles. The third-order valence-electron chi connectivity index (χ3n) is 4.07. The monoisotopic (exact) mass is 373 g/mol. The van der Waals surface area contributed by atoms with Crippen LogP contribution >= 0.6 is 0 Å². The van der Waals surface area contributed by atoms with Gasteiger partial charge in [-0.1, -0.05) is 24.3 Å². The molecule has 0 aliphatic rings.